The van der Waals surface area contributed by atoms with Crippen LogP contribution in [0, 0.1) is 13.8 Å². The lowest BCUT2D eigenvalue weighted by Crippen LogP contribution is -2.19. The molecular formula is C21H28O4. The summed E-state index contributed by atoms with van der Waals surface area (Å²) >= 11 is 0. The summed E-state index contributed by atoms with van der Waals surface area (Å²) in [6.07, 6.45) is 0. The van der Waals surface area contributed by atoms with Crippen molar-refractivity contribution in [1.82, 2.24) is 0 Å². The van der Waals surface area contributed by atoms with E-state index in [0.29, 0.717) is 13.2 Å². The molecule has 2 N–H and O–H groups in total. The summed E-state index contributed by atoms with van der Waals surface area (Å²) < 4.78 is 11.1. The maximum atomic E-state index is 8.90. The van der Waals surface area contributed by atoms with Crippen LogP contribution in [-0.2, 0) is 5.41 Å². The van der Waals surface area contributed by atoms with Crippen molar-refractivity contribution in [3.05, 3.63) is 58.7 Å². The van der Waals surface area contributed by atoms with Crippen LogP contribution in [0.5, 0.6) is 11.5 Å². The van der Waals surface area contributed by atoms with Crippen molar-refractivity contribution in [2.24, 2.45) is 0 Å². The van der Waals surface area contributed by atoms with Crippen molar-refractivity contribution >= 4 is 0 Å². The SMILES string of the molecule is Cc1cc(C(C)(C)c2ccc(OCCO)c(C)c2)ccc1OCCO. The average Bonchev–Trinajstić information content (AvgIpc) is 2.59. The number of aliphatic hydroxyl groups excluding tert-OH is 2. The number of aryl methyl sites for hydroxylation is 2. The summed E-state index contributed by atoms with van der Waals surface area (Å²) in [6, 6.07) is 12.4. The van der Waals surface area contributed by atoms with Crippen LogP contribution in [0.2, 0.25) is 0 Å². The minimum absolute atomic E-state index is 0.0106. The predicted octanol–water partition coefficient (Wildman–Crippen LogP) is 3.37. The van der Waals surface area contributed by atoms with Gasteiger partial charge in [-0.15, -0.1) is 0 Å². The normalized spacial score (nSPS) is 11.4. The molecule has 0 bridgehead atoms. The van der Waals surface area contributed by atoms with Gasteiger partial charge in [-0.05, 0) is 48.2 Å². The third-order valence-corrected chi connectivity index (χ3v) is 4.49. The fourth-order valence-electron chi connectivity index (χ4n) is 2.88. The number of hydrogen-bond donors (Lipinski definition) is 2. The minimum Gasteiger partial charge on any atom is -0.491 e. The average molecular weight is 344 g/mol. The summed E-state index contributed by atoms with van der Waals surface area (Å²) in [5.74, 6) is 1.61. The Morgan fingerprint density at radius 3 is 1.48 bits per heavy atom. The van der Waals surface area contributed by atoms with E-state index in [9.17, 15) is 0 Å². The fraction of sp³-hybridized carbons (Fsp3) is 0.429. The first-order chi connectivity index (χ1) is 11.9. The summed E-state index contributed by atoms with van der Waals surface area (Å²) in [6.45, 7) is 9.05. The first-order valence-corrected chi connectivity index (χ1v) is 8.59. The van der Waals surface area contributed by atoms with E-state index in [0.717, 1.165) is 22.6 Å². The Kier molecular flexibility index (Phi) is 6.45. The van der Waals surface area contributed by atoms with Crippen LogP contribution >= 0.6 is 0 Å². The molecule has 0 aliphatic carbocycles. The van der Waals surface area contributed by atoms with Crippen molar-refractivity contribution in [1.29, 1.82) is 0 Å². The highest BCUT2D eigenvalue weighted by atomic mass is 16.5. The highest BCUT2D eigenvalue weighted by Crippen LogP contribution is 2.35. The van der Waals surface area contributed by atoms with E-state index in [4.69, 9.17) is 19.7 Å². The Morgan fingerprint density at radius 1 is 0.760 bits per heavy atom. The van der Waals surface area contributed by atoms with Crippen LogP contribution in [0.25, 0.3) is 0 Å². The molecule has 0 aliphatic rings. The van der Waals surface area contributed by atoms with Crippen molar-refractivity contribution in [2.45, 2.75) is 33.1 Å². The Bertz CT molecular complexity index is 648. The largest absolute Gasteiger partial charge is 0.491 e. The second-order valence-electron chi connectivity index (χ2n) is 6.73. The lowest BCUT2D eigenvalue weighted by atomic mass is 9.77. The highest BCUT2D eigenvalue weighted by Gasteiger charge is 2.24. The van der Waals surface area contributed by atoms with E-state index in [1.54, 1.807) is 0 Å². The Labute approximate surface area is 150 Å². The molecule has 0 saturated carbocycles. The fourth-order valence-corrected chi connectivity index (χ4v) is 2.88. The maximum Gasteiger partial charge on any atom is 0.122 e. The second-order valence-corrected chi connectivity index (χ2v) is 6.73. The van der Waals surface area contributed by atoms with E-state index < -0.39 is 0 Å². The van der Waals surface area contributed by atoms with Gasteiger partial charge in [0.25, 0.3) is 0 Å². The smallest absolute Gasteiger partial charge is 0.122 e. The molecule has 4 nitrogen and oxygen atoms in total. The van der Waals surface area contributed by atoms with Crippen LogP contribution in [0.1, 0.15) is 36.1 Å². The van der Waals surface area contributed by atoms with Gasteiger partial charge in [0, 0.05) is 5.41 Å². The molecule has 136 valence electrons. The molecule has 0 unspecified atom stereocenters. The van der Waals surface area contributed by atoms with E-state index in [1.807, 2.05) is 26.0 Å². The maximum absolute atomic E-state index is 8.90. The molecule has 0 amide bonds. The third kappa shape index (κ3) is 4.53. The van der Waals surface area contributed by atoms with Gasteiger partial charge in [-0.25, -0.2) is 0 Å². The number of hydrogen-bond acceptors (Lipinski definition) is 4. The Balaban J connectivity index is 2.28. The summed E-state index contributed by atoms with van der Waals surface area (Å²) in [7, 11) is 0. The molecule has 0 heterocycles. The molecule has 4 heteroatoms. The number of rotatable bonds is 8. The molecule has 2 rings (SSSR count). The molecule has 2 aromatic carbocycles. The van der Waals surface area contributed by atoms with Gasteiger partial charge in [0.15, 0.2) is 0 Å². The zero-order valence-corrected chi connectivity index (χ0v) is 15.5. The topological polar surface area (TPSA) is 58.9 Å². The zero-order valence-electron chi connectivity index (χ0n) is 15.5. The van der Waals surface area contributed by atoms with Crippen LogP contribution in [0.15, 0.2) is 36.4 Å². The van der Waals surface area contributed by atoms with E-state index in [2.05, 4.69) is 38.1 Å². The van der Waals surface area contributed by atoms with Crippen LogP contribution in [-0.4, -0.2) is 36.6 Å². The third-order valence-electron chi connectivity index (χ3n) is 4.49. The number of aliphatic hydroxyl groups is 2. The molecule has 0 aliphatic heterocycles. The summed E-state index contributed by atoms with van der Waals surface area (Å²) in [5.41, 5.74) is 4.34. The first kappa shape index (κ1) is 19.3. The summed E-state index contributed by atoms with van der Waals surface area (Å²) in [5, 5.41) is 17.8. The van der Waals surface area contributed by atoms with Gasteiger partial charge in [0.05, 0.1) is 13.2 Å². The lowest BCUT2D eigenvalue weighted by Gasteiger charge is -2.28. The lowest BCUT2D eigenvalue weighted by molar-refractivity contribution is 0.200. The Morgan fingerprint density at radius 2 is 1.16 bits per heavy atom. The van der Waals surface area contributed by atoms with Gasteiger partial charge in [0.2, 0.25) is 0 Å². The van der Waals surface area contributed by atoms with Gasteiger partial charge >= 0.3 is 0 Å². The van der Waals surface area contributed by atoms with Gasteiger partial charge in [-0.3, -0.25) is 0 Å². The predicted molar refractivity (Wildman–Crippen MR) is 99.6 cm³/mol. The van der Waals surface area contributed by atoms with Crippen molar-refractivity contribution in [2.75, 3.05) is 26.4 Å². The second kappa shape index (κ2) is 8.37. The molecule has 0 radical (unpaired) electrons. The number of ether oxygens (including phenoxy) is 2. The quantitative estimate of drug-likeness (QED) is 0.771. The monoisotopic (exact) mass is 344 g/mol. The molecule has 0 spiro atoms. The van der Waals surface area contributed by atoms with Crippen molar-refractivity contribution in [3.8, 4) is 11.5 Å². The number of benzene rings is 2. The van der Waals surface area contributed by atoms with Gasteiger partial charge < -0.3 is 19.7 Å². The standard InChI is InChI=1S/C21H28O4/c1-15-13-17(5-7-19(15)24-11-9-22)21(3,4)18-6-8-20(16(2)14-18)25-12-10-23/h5-8,13-14,22-23H,9-12H2,1-4H3. The molecule has 0 atom stereocenters. The molecule has 0 fully saturated rings. The van der Waals surface area contributed by atoms with Crippen molar-refractivity contribution < 1.29 is 19.7 Å². The van der Waals surface area contributed by atoms with E-state index in [1.165, 1.54) is 11.1 Å². The molecule has 0 saturated heterocycles. The summed E-state index contributed by atoms with van der Waals surface area (Å²) in [4.78, 5) is 0. The minimum atomic E-state index is -0.166. The Hall–Kier alpha value is -2.04. The molecular weight excluding hydrogens is 316 g/mol. The van der Waals surface area contributed by atoms with E-state index >= 15 is 0 Å². The first-order valence-electron chi connectivity index (χ1n) is 8.59. The van der Waals surface area contributed by atoms with Gasteiger partial charge in [-0.1, -0.05) is 38.1 Å². The zero-order chi connectivity index (χ0) is 18.4. The molecule has 25 heavy (non-hydrogen) atoms. The molecule has 0 aromatic heterocycles. The van der Waals surface area contributed by atoms with Crippen molar-refractivity contribution in [3.63, 3.8) is 0 Å². The van der Waals surface area contributed by atoms with Crippen LogP contribution in [0.4, 0.5) is 0 Å². The highest BCUT2D eigenvalue weighted by molar-refractivity contribution is 5.47. The van der Waals surface area contributed by atoms with Gasteiger partial charge in [0.1, 0.15) is 24.7 Å². The van der Waals surface area contributed by atoms with Crippen LogP contribution in [0.3, 0.4) is 0 Å². The van der Waals surface area contributed by atoms with Crippen LogP contribution < -0.4 is 9.47 Å². The molecule has 2 aromatic rings. The van der Waals surface area contributed by atoms with Gasteiger partial charge in [-0.2, -0.15) is 0 Å². The van der Waals surface area contributed by atoms with E-state index in [-0.39, 0.29) is 18.6 Å².